The highest BCUT2D eigenvalue weighted by molar-refractivity contribution is 6.09. The van der Waals surface area contributed by atoms with Crippen molar-refractivity contribution >= 4 is 43.9 Å². The Labute approximate surface area is 544 Å². The van der Waals surface area contributed by atoms with Crippen molar-refractivity contribution in [1.29, 1.82) is 0 Å². The van der Waals surface area contributed by atoms with Crippen molar-refractivity contribution < 1.29 is 47.7 Å². The zero-order valence-electron chi connectivity index (χ0n) is 73.5. The van der Waals surface area contributed by atoms with Crippen LogP contribution < -0.4 is 9.30 Å². The Bertz CT molecular complexity index is 6470. The fourth-order valence-electron chi connectivity index (χ4n) is 10.8. The maximum Gasteiger partial charge on any atom is 0.269 e. The third-order valence-electron chi connectivity index (χ3n) is 14.6. The van der Waals surface area contributed by atoms with E-state index in [4.69, 9.17) is 24.8 Å². The van der Waals surface area contributed by atoms with Crippen molar-refractivity contribution in [3.63, 3.8) is 0 Å². The average molecular weight is 1140 g/mol. The van der Waals surface area contributed by atoms with Gasteiger partial charge < -0.3 is 4.74 Å². The first kappa shape index (κ1) is 29.8. The van der Waals surface area contributed by atoms with E-state index in [1.165, 1.54) is 23.6 Å². The molecule has 0 aliphatic carbocycles. The first-order valence-electron chi connectivity index (χ1n) is 41.2. The quantitative estimate of drug-likeness (QED) is 0.0903. The van der Waals surface area contributed by atoms with Gasteiger partial charge in [0.25, 0.3) is 6.33 Å². The summed E-state index contributed by atoms with van der Waals surface area (Å²) in [5.74, 6) is 1.15. The summed E-state index contributed by atoms with van der Waals surface area (Å²) in [5.41, 5.74) is -7.58. The standard InChI is InChI=1S/C81H55N5O/c1-55-40-42-59(43-41-55)63-47-62(58-26-10-4-11-27-58)50-65(51-63)71-34-21-33-70(64-48-60(56-22-6-2-7-23-56)46-61(49-64)57-24-8-3-9-25-57)80(71)84-54-83(77-38-18-19-39-78(77)84)67-30-20-31-68(52-67)87-69-44-45-73-72-32-14-16-36-75(72)86(79(73)53-69)81-82-74-35-15-17-37-76(74)85(81)66-28-12-5-13-29-66/h2-53H,1H3/i2D,3D,4D,6D,7D,8D,9D,10D,11D,21D,22D,23D,24D,25D,26D,27D,33D,34D,40D,41D,42D,43D,46D,47D,48D,49D,50D,51D. The molecule has 0 aliphatic rings. The predicted molar refractivity (Wildman–Crippen MR) is 356 cm³/mol. The number of hydrogen-bond donors (Lipinski definition) is 0. The van der Waals surface area contributed by atoms with Crippen LogP contribution in [0.4, 0.5) is 0 Å². The number of imidazole rings is 2. The van der Waals surface area contributed by atoms with Crippen LogP contribution in [0.3, 0.4) is 0 Å². The topological polar surface area (TPSA) is 40.8 Å². The van der Waals surface area contributed by atoms with Gasteiger partial charge in [-0.05, 0) is 171 Å². The Kier molecular flexibility index (Phi) is 7.37. The van der Waals surface area contributed by atoms with E-state index in [2.05, 4.69) is 15.5 Å². The number of hydrogen-bond acceptors (Lipinski definition) is 2. The zero-order chi connectivity index (χ0) is 82.2. The zero-order valence-corrected chi connectivity index (χ0v) is 45.5. The number of nitrogens with zero attached hydrogens (tertiary/aromatic N) is 5. The molecule has 410 valence electrons. The van der Waals surface area contributed by atoms with Crippen LogP contribution in [0.1, 0.15) is 43.9 Å². The summed E-state index contributed by atoms with van der Waals surface area (Å²) in [7, 11) is 0. The molecular weight excluding hydrogens is 1060 g/mol. The first-order chi connectivity index (χ1) is 54.7. The van der Waals surface area contributed by atoms with E-state index in [-0.39, 0.29) is 28.0 Å². The lowest BCUT2D eigenvalue weighted by atomic mass is 9.88. The van der Waals surface area contributed by atoms with Gasteiger partial charge in [0, 0.05) is 22.5 Å². The van der Waals surface area contributed by atoms with Crippen LogP contribution in [0.2, 0.25) is 0 Å². The molecule has 87 heavy (non-hydrogen) atoms. The van der Waals surface area contributed by atoms with E-state index < -0.39 is 242 Å². The highest BCUT2D eigenvalue weighted by Crippen LogP contribution is 2.42. The van der Waals surface area contributed by atoms with Crippen molar-refractivity contribution in [3.05, 3.63) is 327 Å². The second-order valence-corrected chi connectivity index (χ2v) is 19.9. The molecular formula is C81H55N5O. The highest BCUT2D eigenvalue weighted by atomic mass is 16.5. The van der Waals surface area contributed by atoms with Gasteiger partial charge in [-0.2, -0.15) is 0 Å². The molecule has 13 aromatic carbocycles. The molecule has 6 nitrogen and oxygen atoms in total. The number of ether oxygens (including phenoxy) is 1. The predicted octanol–water partition coefficient (Wildman–Crippen LogP) is 20.2. The van der Waals surface area contributed by atoms with E-state index in [0.29, 0.717) is 17.2 Å². The summed E-state index contributed by atoms with van der Waals surface area (Å²) in [4.78, 5) is 5.22. The molecule has 0 fully saturated rings. The Morgan fingerprint density at radius 1 is 0.391 bits per heavy atom. The number of fused-ring (bicyclic) bond motifs is 5. The van der Waals surface area contributed by atoms with Gasteiger partial charge in [0.1, 0.15) is 11.5 Å². The van der Waals surface area contributed by atoms with E-state index in [1.807, 2.05) is 91.0 Å². The van der Waals surface area contributed by atoms with Gasteiger partial charge in [0.2, 0.25) is 5.95 Å². The molecule has 0 spiro atoms. The lowest BCUT2D eigenvalue weighted by molar-refractivity contribution is -0.571. The Morgan fingerprint density at radius 3 is 1.55 bits per heavy atom. The summed E-state index contributed by atoms with van der Waals surface area (Å²) in [6.45, 7) is 1.27. The lowest BCUT2D eigenvalue weighted by Gasteiger charge is -2.20. The summed E-state index contributed by atoms with van der Waals surface area (Å²) in [6.07, 6.45) is 3.26. The molecule has 0 radical (unpaired) electrons. The number of benzene rings is 13. The van der Waals surface area contributed by atoms with Gasteiger partial charge >= 0.3 is 0 Å². The smallest absolute Gasteiger partial charge is 0.269 e. The molecule has 6 heteroatoms. The maximum atomic E-state index is 10.5. The van der Waals surface area contributed by atoms with Crippen LogP contribution in [-0.2, 0) is 0 Å². The Balaban J connectivity index is 1.03. The van der Waals surface area contributed by atoms with Crippen LogP contribution in [0.5, 0.6) is 11.5 Å². The number of aromatic nitrogens is 5. The van der Waals surface area contributed by atoms with Gasteiger partial charge in [0.15, 0.2) is 0 Å². The van der Waals surface area contributed by atoms with Gasteiger partial charge in [-0.25, -0.2) is 4.98 Å². The van der Waals surface area contributed by atoms with Crippen LogP contribution in [0.25, 0.3) is 134 Å². The molecule has 3 heterocycles. The minimum absolute atomic E-state index is 0.0149. The molecule has 3 aromatic heterocycles. The summed E-state index contributed by atoms with van der Waals surface area (Å²) in [5, 5.41) is 1.78. The molecule has 16 rings (SSSR count). The van der Waals surface area contributed by atoms with Crippen molar-refractivity contribution in [1.82, 2.24) is 18.7 Å². The normalized spacial score (nSPS) is 16.0. The van der Waals surface area contributed by atoms with Crippen molar-refractivity contribution in [3.8, 4) is 101 Å². The van der Waals surface area contributed by atoms with Gasteiger partial charge in [-0.15, -0.1) is 0 Å². The highest BCUT2D eigenvalue weighted by Gasteiger charge is 2.24. The van der Waals surface area contributed by atoms with Crippen LogP contribution in [-0.4, -0.2) is 18.7 Å². The average Bonchev–Trinajstić information content (AvgIpc) is 1.49. The minimum Gasteiger partial charge on any atom is -0.458 e. The fraction of sp³-hybridized carbons (Fsp3) is 0.0123. The Hall–Kier alpha value is -11.6. The molecule has 0 N–H and O–H groups in total. The third kappa shape index (κ3) is 9.33. The summed E-state index contributed by atoms with van der Waals surface area (Å²) in [6, 6.07) is 15.4. The van der Waals surface area contributed by atoms with E-state index in [9.17, 15) is 23.3 Å². The Morgan fingerprint density at radius 2 is 0.908 bits per heavy atom. The lowest BCUT2D eigenvalue weighted by Crippen LogP contribution is -2.31. The van der Waals surface area contributed by atoms with Gasteiger partial charge in [-0.1, -0.05) is 217 Å². The second-order valence-electron chi connectivity index (χ2n) is 19.9. The van der Waals surface area contributed by atoms with Crippen LogP contribution in [0, 0.1) is 13.3 Å². The fourth-order valence-corrected chi connectivity index (χ4v) is 10.8. The molecule has 0 amide bonds. The number of rotatable bonds is 12. The van der Waals surface area contributed by atoms with Crippen LogP contribution in [0.15, 0.2) is 315 Å². The van der Waals surface area contributed by atoms with E-state index in [0.717, 1.165) is 37.6 Å². The summed E-state index contributed by atoms with van der Waals surface area (Å²) >= 11 is 0. The molecule has 0 bridgehead atoms. The largest absolute Gasteiger partial charge is 0.458 e. The second kappa shape index (κ2) is 21.5. The van der Waals surface area contributed by atoms with Gasteiger partial charge in [0.05, 0.1) is 82.9 Å². The molecule has 0 aliphatic heterocycles. The third-order valence-corrected chi connectivity index (χ3v) is 14.6. The molecule has 0 saturated heterocycles. The SMILES string of the molecule is [2H]c1c([2H])c([2H])c(-c2c([2H])c(-c3c([2H])c([2H])c([2H])c([2H])c3[2H])c([2H])c(-c3c([2H])c([2H])c([2H])c(-c4c([2H])c(-c5c([2H])c([2H])c([2H])c([2H])c5[2H])c([2H])c(-c5c([2H])c([2H])c(C)c([2H])c5[2H])c4[2H])c3-[n+]3[c-]n(-c4cccc(Oc5ccc6c7ccccc7n(-c7nc8ccccc8n7-c7ccccc7)c6c5)c4)c4ccccc43)c2[2H])c([2H])c1[2H]. The number of para-hydroxylation sites is 7. The van der Waals surface area contributed by atoms with E-state index >= 15 is 0 Å². The molecule has 0 atom stereocenters. The minimum atomic E-state index is -1.18. The monoisotopic (exact) mass is 1140 g/mol. The van der Waals surface area contributed by atoms with E-state index in [1.54, 1.807) is 42.5 Å². The molecule has 0 saturated carbocycles. The van der Waals surface area contributed by atoms with Gasteiger partial charge in [-0.3, -0.25) is 18.3 Å². The molecule has 0 unspecified atom stereocenters. The van der Waals surface area contributed by atoms with Crippen molar-refractivity contribution in [2.75, 3.05) is 0 Å². The van der Waals surface area contributed by atoms with Crippen LogP contribution >= 0.6 is 0 Å². The maximum absolute atomic E-state index is 10.5. The summed E-state index contributed by atoms with van der Waals surface area (Å²) < 4.78 is 278. The van der Waals surface area contributed by atoms with Crippen molar-refractivity contribution in [2.24, 2.45) is 0 Å². The van der Waals surface area contributed by atoms with Crippen molar-refractivity contribution in [2.45, 2.75) is 6.92 Å². The first-order valence-corrected chi connectivity index (χ1v) is 27.2. The molecule has 16 aromatic rings.